The van der Waals surface area contributed by atoms with Gasteiger partial charge in [0.05, 0.1) is 17.2 Å². The predicted molar refractivity (Wildman–Crippen MR) is 117 cm³/mol. The van der Waals surface area contributed by atoms with Crippen molar-refractivity contribution in [1.29, 1.82) is 0 Å². The van der Waals surface area contributed by atoms with E-state index in [1.807, 2.05) is 43.5 Å². The second-order valence-electron chi connectivity index (χ2n) is 8.93. The highest BCUT2D eigenvalue weighted by Gasteiger charge is 2.26. The molecular formula is C23H35N3O4. The van der Waals surface area contributed by atoms with Crippen LogP contribution in [0.4, 0.5) is 0 Å². The summed E-state index contributed by atoms with van der Waals surface area (Å²) < 4.78 is 7.34. The number of nitrogens with two attached hydrogens (primary N) is 1. The summed E-state index contributed by atoms with van der Waals surface area (Å²) in [6, 6.07) is 5.46. The van der Waals surface area contributed by atoms with E-state index in [0.717, 1.165) is 42.4 Å². The molecule has 0 amide bonds. The van der Waals surface area contributed by atoms with Crippen LogP contribution in [0.3, 0.4) is 0 Å². The number of nitrogens with zero attached hydrogens (tertiary/aromatic N) is 2. The van der Waals surface area contributed by atoms with Gasteiger partial charge < -0.3 is 20.1 Å². The van der Waals surface area contributed by atoms with Crippen LogP contribution in [-0.4, -0.2) is 32.7 Å². The monoisotopic (exact) mass is 417 g/mol. The van der Waals surface area contributed by atoms with E-state index in [-0.39, 0.29) is 18.1 Å². The van der Waals surface area contributed by atoms with E-state index < -0.39 is 11.4 Å². The number of ether oxygens (including phenoxy) is 1. The third-order valence-corrected chi connectivity index (χ3v) is 5.30. The summed E-state index contributed by atoms with van der Waals surface area (Å²) >= 11 is 0. The number of rotatable bonds is 11. The first-order valence-corrected chi connectivity index (χ1v) is 10.7. The van der Waals surface area contributed by atoms with Crippen molar-refractivity contribution in [3.05, 3.63) is 29.6 Å². The van der Waals surface area contributed by atoms with Crippen molar-refractivity contribution in [2.75, 3.05) is 0 Å². The maximum atomic E-state index is 12.6. The molecule has 2 aromatic heterocycles. The maximum Gasteiger partial charge on any atom is 0.355 e. The molecule has 166 valence electrons. The normalized spacial score (nSPS) is 13.0. The van der Waals surface area contributed by atoms with E-state index in [1.165, 1.54) is 0 Å². The quantitative estimate of drug-likeness (QED) is 0.406. The molecule has 2 heterocycles. The van der Waals surface area contributed by atoms with Crippen molar-refractivity contribution in [2.45, 2.75) is 85.4 Å². The molecule has 0 bridgehead atoms. The molecule has 0 saturated heterocycles. The zero-order valence-corrected chi connectivity index (χ0v) is 18.8. The van der Waals surface area contributed by atoms with Crippen LogP contribution in [0.2, 0.25) is 0 Å². The summed E-state index contributed by atoms with van der Waals surface area (Å²) in [5, 5.41) is 10.1. The summed E-state index contributed by atoms with van der Waals surface area (Å²) in [7, 11) is 0. The Labute approximate surface area is 178 Å². The van der Waals surface area contributed by atoms with Gasteiger partial charge in [-0.05, 0) is 65.7 Å². The fraction of sp³-hybridized carbons (Fsp3) is 0.609. The van der Waals surface area contributed by atoms with Crippen molar-refractivity contribution < 1.29 is 19.4 Å². The zero-order valence-electron chi connectivity index (χ0n) is 18.8. The highest BCUT2D eigenvalue weighted by atomic mass is 16.5. The number of carboxylic acid groups (broad SMARTS) is 1. The van der Waals surface area contributed by atoms with E-state index in [2.05, 4.69) is 4.98 Å². The molecule has 0 aliphatic carbocycles. The molecule has 0 aromatic carbocycles. The van der Waals surface area contributed by atoms with Crippen molar-refractivity contribution in [3.8, 4) is 0 Å². The molecule has 0 aliphatic rings. The number of esters is 1. The Kier molecular flexibility index (Phi) is 8.01. The van der Waals surface area contributed by atoms with E-state index in [4.69, 9.17) is 10.5 Å². The van der Waals surface area contributed by atoms with Gasteiger partial charge in [0.2, 0.25) is 0 Å². The minimum atomic E-state index is -0.759. The van der Waals surface area contributed by atoms with Gasteiger partial charge in [0, 0.05) is 18.0 Å². The van der Waals surface area contributed by atoms with Gasteiger partial charge >= 0.3 is 11.9 Å². The van der Waals surface area contributed by atoms with Crippen LogP contribution in [0, 0.1) is 5.41 Å². The summed E-state index contributed by atoms with van der Waals surface area (Å²) in [5.74, 6) is -1.11. The number of aromatic nitrogens is 2. The lowest BCUT2D eigenvalue weighted by Gasteiger charge is -2.18. The summed E-state index contributed by atoms with van der Waals surface area (Å²) in [5.41, 5.74) is 7.32. The molecule has 30 heavy (non-hydrogen) atoms. The van der Waals surface area contributed by atoms with E-state index >= 15 is 0 Å². The van der Waals surface area contributed by atoms with Crippen molar-refractivity contribution >= 4 is 23.0 Å². The van der Waals surface area contributed by atoms with Crippen molar-refractivity contribution in [3.63, 3.8) is 0 Å². The number of carboxylic acids is 1. The van der Waals surface area contributed by atoms with Gasteiger partial charge in [-0.2, -0.15) is 0 Å². The Hall–Kier alpha value is -2.41. The molecule has 2 rings (SSSR count). The number of unbranched alkanes of at least 4 members (excludes halogenated alkanes) is 3. The molecular weight excluding hydrogens is 382 g/mol. The Morgan fingerprint density at radius 1 is 1.17 bits per heavy atom. The molecule has 7 heteroatoms. The van der Waals surface area contributed by atoms with Crippen LogP contribution in [0.1, 0.15) is 88.9 Å². The van der Waals surface area contributed by atoms with Crippen LogP contribution in [0.25, 0.3) is 11.0 Å². The number of carbonyl (C=O) groups is 2. The van der Waals surface area contributed by atoms with Crippen LogP contribution >= 0.6 is 0 Å². The van der Waals surface area contributed by atoms with E-state index in [9.17, 15) is 14.7 Å². The van der Waals surface area contributed by atoms with Crippen molar-refractivity contribution in [2.24, 2.45) is 11.1 Å². The number of aliphatic carboxylic acids is 1. The third kappa shape index (κ3) is 6.05. The number of pyridine rings is 1. The highest BCUT2D eigenvalue weighted by molar-refractivity contribution is 5.94. The maximum absolute atomic E-state index is 12.6. The lowest BCUT2D eigenvalue weighted by atomic mass is 9.87. The fourth-order valence-corrected chi connectivity index (χ4v) is 3.36. The first-order valence-electron chi connectivity index (χ1n) is 10.7. The zero-order chi connectivity index (χ0) is 22.5. The fourth-order valence-electron chi connectivity index (χ4n) is 3.36. The molecule has 1 atom stereocenters. The van der Waals surface area contributed by atoms with Crippen LogP contribution in [0.15, 0.2) is 18.2 Å². The smallest absolute Gasteiger partial charge is 0.355 e. The Morgan fingerprint density at radius 3 is 2.43 bits per heavy atom. The van der Waals surface area contributed by atoms with Gasteiger partial charge in [0.25, 0.3) is 0 Å². The largest absolute Gasteiger partial charge is 0.481 e. The average Bonchev–Trinajstić information content (AvgIpc) is 3.01. The number of hydrogen-bond acceptors (Lipinski definition) is 5. The van der Waals surface area contributed by atoms with Gasteiger partial charge in [-0.3, -0.25) is 4.79 Å². The number of hydrogen-bond donors (Lipinski definition) is 2. The van der Waals surface area contributed by atoms with E-state index in [0.29, 0.717) is 18.7 Å². The van der Waals surface area contributed by atoms with Gasteiger partial charge in [0.15, 0.2) is 0 Å². The van der Waals surface area contributed by atoms with Gasteiger partial charge in [-0.25, -0.2) is 9.78 Å². The number of fused-ring (bicyclic) bond motifs is 1. The van der Waals surface area contributed by atoms with Gasteiger partial charge in [-0.1, -0.05) is 19.3 Å². The molecule has 7 nitrogen and oxygen atoms in total. The van der Waals surface area contributed by atoms with Crippen LogP contribution in [0.5, 0.6) is 0 Å². The number of aryl methyl sites for hydroxylation is 1. The third-order valence-electron chi connectivity index (χ3n) is 5.30. The summed E-state index contributed by atoms with van der Waals surface area (Å²) in [4.78, 5) is 28.5. The first kappa shape index (κ1) is 23.9. The lowest BCUT2D eigenvalue weighted by molar-refractivity contribution is -0.147. The Bertz CT molecular complexity index is 884. The SMILES string of the molecule is CC(C)OC(=O)c1cc2ccc([C@@H](C)N)nc2n1CCCCCCC(C)(C)C(=O)O. The lowest BCUT2D eigenvalue weighted by Crippen LogP contribution is -2.23. The second-order valence-corrected chi connectivity index (χ2v) is 8.93. The molecule has 0 aliphatic heterocycles. The first-order chi connectivity index (χ1) is 14.0. The molecule has 2 aromatic rings. The van der Waals surface area contributed by atoms with Gasteiger partial charge in [-0.15, -0.1) is 0 Å². The molecule has 0 spiro atoms. The molecule has 3 N–H and O–H groups in total. The standard InChI is InChI=1S/C23H35N3O4/c1-15(2)30-21(27)19-14-17-10-11-18(16(3)24)25-20(17)26(19)13-9-7-6-8-12-23(4,5)22(28)29/h10-11,14-16H,6-9,12-13,24H2,1-5H3,(H,28,29)/t16-/m1/s1. The molecule has 0 saturated carbocycles. The minimum Gasteiger partial charge on any atom is -0.481 e. The van der Waals surface area contributed by atoms with E-state index in [1.54, 1.807) is 13.8 Å². The Morgan fingerprint density at radius 2 is 1.83 bits per heavy atom. The summed E-state index contributed by atoms with van der Waals surface area (Å²) in [6.45, 7) is 9.70. The van der Waals surface area contributed by atoms with Crippen LogP contribution < -0.4 is 5.73 Å². The average molecular weight is 418 g/mol. The second kappa shape index (κ2) is 10.1. The van der Waals surface area contributed by atoms with Gasteiger partial charge in [0.1, 0.15) is 11.3 Å². The molecule has 0 radical (unpaired) electrons. The molecule has 0 unspecified atom stereocenters. The highest BCUT2D eigenvalue weighted by Crippen LogP contribution is 2.25. The predicted octanol–water partition coefficient (Wildman–Crippen LogP) is 4.68. The van der Waals surface area contributed by atoms with Crippen molar-refractivity contribution in [1.82, 2.24) is 9.55 Å². The number of carbonyl (C=O) groups excluding carboxylic acids is 1. The minimum absolute atomic E-state index is 0.193. The molecule has 0 fully saturated rings. The Balaban J connectivity index is 2.12. The van der Waals surface area contributed by atoms with Crippen LogP contribution in [-0.2, 0) is 16.1 Å². The topological polar surface area (TPSA) is 107 Å². The summed E-state index contributed by atoms with van der Waals surface area (Å²) in [6.07, 6.45) is 4.07.